The number of aryl methyl sites for hydroxylation is 2. The Labute approximate surface area is 292 Å². The van der Waals surface area contributed by atoms with Gasteiger partial charge in [-0.25, -0.2) is 0 Å². The third kappa shape index (κ3) is 10.7. The highest BCUT2D eigenvalue weighted by atomic mass is 16.6. The summed E-state index contributed by atoms with van der Waals surface area (Å²) in [4.78, 5) is 61.4. The van der Waals surface area contributed by atoms with Crippen molar-refractivity contribution in [2.75, 3.05) is 45.3 Å². The van der Waals surface area contributed by atoms with Crippen LogP contribution in [-0.2, 0) is 9.59 Å². The smallest absolute Gasteiger partial charge is 0.285 e. The molecule has 0 bridgehead atoms. The zero-order chi connectivity index (χ0) is 37.0. The van der Waals surface area contributed by atoms with Crippen LogP contribution in [0.25, 0.3) is 0 Å². The Morgan fingerprint density at radius 1 is 0.800 bits per heavy atom. The van der Waals surface area contributed by atoms with Gasteiger partial charge in [0.25, 0.3) is 17.5 Å². The summed E-state index contributed by atoms with van der Waals surface area (Å²) in [5, 5.41) is 30.2. The molecule has 0 saturated carbocycles. The first kappa shape index (κ1) is 39.9. The predicted molar refractivity (Wildman–Crippen MR) is 187 cm³/mol. The summed E-state index contributed by atoms with van der Waals surface area (Å²) in [7, 11) is 0. The van der Waals surface area contributed by atoms with E-state index in [-0.39, 0.29) is 60.6 Å². The molecule has 2 amide bonds. The molecular weight excluding hydrogens is 648 g/mol. The summed E-state index contributed by atoms with van der Waals surface area (Å²) < 4.78 is 11.2. The van der Waals surface area contributed by atoms with Crippen LogP contribution < -0.4 is 15.2 Å². The van der Waals surface area contributed by atoms with E-state index in [0.29, 0.717) is 80.1 Å². The molecule has 14 nitrogen and oxygen atoms in total. The van der Waals surface area contributed by atoms with E-state index in [0.717, 1.165) is 24.8 Å². The number of Topliss-reactive ketones (excluding diaryl/α,β-unsaturated/α-hetero) is 2. The number of carbonyl (C=O) groups excluding carboxylic acids is 4. The van der Waals surface area contributed by atoms with Crippen LogP contribution in [0.2, 0.25) is 0 Å². The largest absolute Gasteiger partial charge is 0.493 e. The van der Waals surface area contributed by atoms with Gasteiger partial charge in [-0.1, -0.05) is 0 Å². The van der Waals surface area contributed by atoms with Crippen LogP contribution in [0.4, 0.5) is 11.4 Å². The summed E-state index contributed by atoms with van der Waals surface area (Å²) in [5.74, 6) is 0.570. The van der Waals surface area contributed by atoms with E-state index in [1.54, 1.807) is 30.9 Å². The van der Waals surface area contributed by atoms with Crippen molar-refractivity contribution in [3.05, 3.63) is 56.6 Å². The molecule has 2 aromatic rings. The number of nitrogens with zero attached hydrogens (tertiary/aromatic N) is 3. The highest BCUT2D eigenvalue weighted by Gasteiger charge is 2.33. The number of likely N-dealkylation sites (tertiary alicyclic amines) is 2. The lowest BCUT2D eigenvalue weighted by Crippen LogP contribution is -2.38. The van der Waals surface area contributed by atoms with Crippen molar-refractivity contribution in [1.29, 1.82) is 0 Å². The minimum atomic E-state index is -0.598. The number of nitrogens with two attached hydrogens (primary N) is 1. The Balaban J connectivity index is 0.000000271. The van der Waals surface area contributed by atoms with Crippen molar-refractivity contribution in [3.8, 4) is 11.5 Å². The Kier molecular flexibility index (Phi) is 15.2. The first-order valence-corrected chi connectivity index (χ1v) is 17.1. The molecule has 14 heteroatoms. The summed E-state index contributed by atoms with van der Waals surface area (Å²) in [6, 6.07) is 5.71. The molecule has 0 unspecified atom stereocenters. The Morgan fingerprint density at radius 2 is 1.24 bits per heavy atom. The van der Waals surface area contributed by atoms with Crippen LogP contribution in [0.3, 0.4) is 0 Å². The molecule has 2 aliphatic heterocycles. The van der Waals surface area contributed by atoms with Crippen molar-refractivity contribution >= 4 is 34.8 Å². The maximum Gasteiger partial charge on any atom is 0.285 e. The lowest BCUT2D eigenvalue weighted by molar-refractivity contribution is -0.385. The highest BCUT2D eigenvalue weighted by molar-refractivity contribution is 6.00. The van der Waals surface area contributed by atoms with E-state index in [1.165, 1.54) is 24.0 Å². The van der Waals surface area contributed by atoms with E-state index in [2.05, 4.69) is 0 Å². The molecule has 0 radical (unpaired) electrons. The van der Waals surface area contributed by atoms with Crippen molar-refractivity contribution in [1.82, 2.24) is 9.80 Å². The first-order chi connectivity index (χ1) is 23.8. The minimum Gasteiger partial charge on any atom is -0.493 e. The molecule has 4 rings (SSSR count). The fourth-order valence-electron chi connectivity index (χ4n) is 6.10. The third-order valence-electron chi connectivity index (χ3n) is 8.86. The van der Waals surface area contributed by atoms with Crippen LogP contribution in [0, 0.1) is 24.0 Å². The number of anilines is 1. The van der Waals surface area contributed by atoms with Gasteiger partial charge in [0, 0.05) is 37.7 Å². The molecule has 0 aliphatic carbocycles. The number of hydrogen-bond donors (Lipinski definition) is 3. The van der Waals surface area contributed by atoms with Crippen LogP contribution in [0.1, 0.15) is 97.1 Å². The molecule has 0 spiro atoms. The predicted octanol–water partition coefficient (Wildman–Crippen LogP) is 4.17. The van der Waals surface area contributed by atoms with Gasteiger partial charge in [0.2, 0.25) is 0 Å². The molecule has 2 aromatic carbocycles. The molecule has 2 aliphatic rings. The van der Waals surface area contributed by atoms with Gasteiger partial charge in [0.1, 0.15) is 28.6 Å². The van der Waals surface area contributed by atoms with Gasteiger partial charge in [-0.05, 0) is 89.5 Å². The molecule has 4 N–H and O–H groups in total. The normalized spacial score (nSPS) is 16.8. The summed E-state index contributed by atoms with van der Waals surface area (Å²) >= 11 is 0. The van der Waals surface area contributed by atoms with Crippen LogP contribution in [0.15, 0.2) is 24.3 Å². The van der Waals surface area contributed by atoms with Gasteiger partial charge in [0.05, 0.1) is 55.1 Å². The number of ether oxygens (including phenoxy) is 2. The van der Waals surface area contributed by atoms with Gasteiger partial charge in [0.15, 0.2) is 0 Å². The zero-order valence-electron chi connectivity index (χ0n) is 29.4. The zero-order valence-corrected chi connectivity index (χ0v) is 29.4. The molecular formula is C36H50N4O10. The average Bonchev–Trinajstić information content (AvgIpc) is 3.76. The fourth-order valence-corrected chi connectivity index (χ4v) is 6.10. The Morgan fingerprint density at radius 3 is 1.68 bits per heavy atom. The molecule has 50 heavy (non-hydrogen) atoms. The lowest BCUT2D eigenvalue weighted by atomic mass is 10.1. The molecule has 274 valence electrons. The molecule has 2 atom stereocenters. The number of nitro benzene ring substituents is 1. The maximum absolute atomic E-state index is 12.8. The second kappa shape index (κ2) is 19.0. The number of aliphatic hydroxyl groups excluding tert-OH is 2. The van der Waals surface area contributed by atoms with Crippen LogP contribution in [0.5, 0.6) is 11.5 Å². The molecule has 2 fully saturated rings. The van der Waals surface area contributed by atoms with E-state index in [4.69, 9.17) is 15.2 Å². The second-order valence-corrected chi connectivity index (χ2v) is 12.9. The SMILES string of the molecule is CC(=O)CCCOc1cc(N)c(C(=O)N2CCC[C@H]2CO)cc1C.CC(=O)CCCOc1cc([N+](=O)[O-])c(C(=O)N2CCC[C@H]2CO)cc1C. The number of rotatable bonds is 15. The van der Waals surface area contributed by atoms with Crippen molar-refractivity contribution < 1.29 is 43.8 Å². The van der Waals surface area contributed by atoms with Gasteiger partial charge < -0.3 is 44.8 Å². The fraction of sp³-hybridized carbons (Fsp3) is 0.556. The minimum absolute atomic E-state index is 0.00364. The van der Waals surface area contributed by atoms with Crippen LogP contribution in [-0.4, -0.2) is 99.9 Å². The summed E-state index contributed by atoms with van der Waals surface area (Å²) in [5.41, 5.74) is 8.00. The number of benzene rings is 2. The molecule has 0 aromatic heterocycles. The topological polar surface area (TPSA) is 203 Å². The number of hydrogen-bond acceptors (Lipinski definition) is 11. The van der Waals surface area contributed by atoms with E-state index in [9.17, 15) is 39.5 Å². The number of ketones is 2. The third-order valence-corrected chi connectivity index (χ3v) is 8.86. The quantitative estimate of drug-likeness (QED) is 0.104. The van der Waals surface area contributed by atoms with E-state index >= 15 is 0 Å². The van der Waals surface area contributed by atoms with Crippen LogP contribution >= 0.6 is 0 Å². The first-order valence-electron chi connectivity index (χ1n) is 17.1. The van der Waals surface area contributed by atoms with E-state index in [1.807, 2.05) is 6.92 Å². The van der Waals surface area contributed by atoms with Crippen molar-refractivity contribution in [3.63, 3.8) is 0 Å². The Bertz CT molecular complexity index is 1550. The maximum atomic E-state index is 12.8. The monoisotopic (exact) mass is 698 g/mol. The van der Waals surface area contributed by atoms with Crippen molar-refractivity contribution in [2.45, 2.75) is 91.1 Å². The number of nitro groups is 1. The van der Waals surface area contributed by atoms with Gasteiger partial charge in [-0.15, -0.1) is 0 Å². The standard InChI is InChI=1S/C18H24N2O6.C18H26N2O4/c1-12-9-15(18(23)19-7-3-6-14(19)11-21)16(20(24)25)10-17(12)26-8-4-5-13(2)22;1-12-9-15(18(23)20-7-3-6-14(20)11-21)16(19)10-17(12)24-8-4-5-13(2)22/h9-10,14,21H,3-8,11H2,1-2H3;9-10,14,21H,3-8,11,19H2,1-2H3/t2*14-/m00/s1. The second-order valence-electron chi connectivity index (χ2n) is 12.9. The number of nitrogen functional groups attached to an aromatic ring is 1. The van der Waals surface area contributed by atoms with Gasteiger partial charge in [-0.3, -0.25) is 19.7 Å². The van der Waals surface area contributed by atoms with Crippen molar-refractivity contribution in [2.24, 2.45) is 0 Å². The van der Waals surface area contributed by atoms with E-state index < -0.39 is 10.8 Å². The number of aliphatic hydroxyl groups is 2. The highest BCUT2D eigenvalue weighted by Crippen LogP contribution is 2.32. The summed E-state index contributed by atoms with van der Waals surface area (Å²) in [6.07, 6.45) is 5.22. The van der Waals surface area contributed by atoms with Gasteiger partial charge >= 0.3 is 0 Å². The number of carbonyl (C=O) groups is 4. The molecule has 2 heterocycles. The lowest BCUT2D eigenvalue weighted by Gasteiger charge is -2.24. The summed E-state index contributed by atoms with van der Waals surface area (Å²) in [6.45, 7) is 8.27. The molecule has 2 saturated heterocycles. The van der Waals surface area contributed by atoms with Gasteiger partial charge in [-0.2, -0.15) is 0 Å². The average molecular weight is 699 g/mol. The number of amides is 2. The Hall–Kier alpha value is -4.56.